The fourth-order valence-corrected chi connectivity index (χ4v) is 1.68. The van der Waals surface area contributed by atoms with E-state index in [1.54, 1.807) is 18.5 Å². The largest absolute Gasteiger partial charge is 0.470 e. The third-order valence-corrected chi connectivity index (χ3v) is 2.66. The summed E-state index contributed by atoms with van der Waals surface area (Å²) in [6.45, 7) is 0.373. The molecule has 5 nitrogen and oxygen atoms in total. The predicted octanol–water partition coefficient (Wildman–Crippen LogP) is 2.51. The molecule has 0 aliphatic heterocycles. The van der Waals surface area contributed by atoms with E-state index < -0.39 is 0 Å². The first-order valence-corrected chi connectivity index (χ1v) is 6.20. The van der Waals surface area contributed by atoms with E-state index in [0.717, 1.165) is 17.1 Å². The van der Waals surface area contributed by atoms with Gasteiger partial charge in [0.05, 0.1) is 11.4 Å². The summed E-state index contributed by atoms with van der Waals surface area (Å²) >= 11 is 0. The van der Waals surface area contributed by atoms with E-state index in [9.17, 15) is 0 Å². The van der Waals surface area contributed by atoms with Gasteiger partial charge in [0.1, 0.15) is 12.3 Å². The normalized spacial score (nSPS) is 10.2. The first-order valence-electron chi connectivity index (χ1n) is 6.20. The quantitative estimate of drug-likeness (QED) is 0.724. The van der Waals surface area contributed by atoms with E-state index in [4.69, 9.17) is 4.74 Å². The monoisotopic (exact) mass is 264 g/mol. The molecule has 0 aliphatic rings. The molecular formula is C15H12N4O. The molecule has 0 saturated heterocycles. The molecule has 3 heterocycles. The molecule has 0 amide bonds. The highest BCUT2D eigenvalue weighted by Crippen LogP contribution is 2.15. The maximum absolute atomic E-state index is 5.53. The lowest BCUT2D eigenvalue weighted by atomic mass is 10.2. The molecule has 98 valence electrons. The van der Waals surface area contributed by atoms with Crippen LogP contribution in [0.3, 0.4) is 0 Å². The SMILES string of the molecule is c1ccc(COc2ccc(-c3ccccn3)nn2)nc1. The van der Waals surface area contributed by atoms with Crippen LogP contribution in [0.2, 0.25) is 0 Å². The number of aromatic nitrogens is 4. The maximum Gasteiger partial charge on any atom is 0.233 e. The average molecular weight is 264 g/mol. The first kappa shape index (κ1) is 12.2. The summed E-state index contributed by atoms with van der Waals surface area (Å²) in [7, 11) is 0. The molecular weight excluding hydrogens is 252 g/mol. The molecule has 20 heavy (non-hydrogen) atoms. The highest BCUT2D eigenvalue weighted by atomic mass is 16.5. The molecule has 0 aliphatic carbocycles. The van der Waals surface area contributed by atoms with Crippen molar-refractivity contribution in [2.45, 2.75) is 6.61 Å². The number of hydrogen-bond donors (Lipinski definition) is 0. The summed E-state index contributed by atoms with van der Waals surface area (Å²) in [5.74, 6) is 0.468. The number of pyridine rings is 2. The van der Waals surface area contributed by atoms with Gasteiger partial charge in [-0.05, 0) is 30.3 Å². The Morgan fingerprint density at radius 2 is 1.60 bits per heavy atom. The molecule has 0 spiro atoms. The van der Waals surface area contributed by atoms with Gasteiger partial charge in [-0.3, -0.25) is 9.97 Å². The van der Waals surface area contributed by atoms with Gasteiger partial charge in [-0.25, -0.2) is 0 Å². The maximum atomic E-state index is 5.53. The van der Waals surface area contributed by atoms with Crippen LogP contribution in [0.5, 0.6) is 5.88 Å². The number of rotatable bonds is 4. The molecule has 0 radical (unpaired) electrons. The predicted molar refractivity (Wildman–Crippen MR) is 73.8 cm³/mol. The molecule has 0 aromatic carbocycles. The van der Waals surface area contributed by atoms with E-state index in [1.165, 1.54) is 0 Å². The zero-order valence-corrected chi connectivity index (χ0v) is 10.7. The number of ether oxygens (including phenoxy) is 1. The minimum Gasteiger partial charge on any atom is -0.470 e. The van der Waals surface area contributed by atoms with Crippen molar-refractivity contribution in [2.24, 2.45) is 0 Å². The van der Waals surface area contributed by atoms with Crippen LogP contribution in [-0.2, 0) is 6.61 Å². The lowest BCUT2D eigenvalue weighted by molar-refractivity contribution is 0.286. The number of hydrogen-bond acceptors (Lipinski definition) is 5. The summed E-state index contributed by atoms with van der Waals surface area (Å²) in [6.07, 6.45) is 3.46. The minimum atomic E-state index is 0.373. The van der Waals surface area contributed by atoms with Gasteiger partial charge in [-0.1, -0.05) is 12.1 Å². The van der Waals surface area contributed by atoms with Crippen molar-refractivity contribution >= 4 is 0 Å². The van der Waals surface area contributed by atoms with Gasteiger partial charge >= 0.3 is 0 Å². The molecule has 0 saturated carbocycles. The smallest absolute Gasteiger partial charge is 0.233 e. The molecule has 0 unspecified atom stereocenters. The first-order chi connectivity index (χ1) is 9.92. The van der Waals surface area contributed by atoms with Crippen molar-refractivity contribution in [3.8, 4) is 17.3 Å². The van der Waals surface area contributed by atoms with Crippen LogP contribution in [0, 0.1) is 0 Å². The van der Waals surface area contributed by atoms with Gasteiger partial charge < -0.3 is 4.74 Å². The van der Waals surface area contributed by atoms with Crippen LogP contribution in [-0.4, -0.2) is 20.2 Å². The standard InChI is InChI=1S/C15H12N4O/c1-3-9-16-12(5-1)11-20-15-8-7-14(18-19-15)13-6-2-4-10-17-13/h1-10H,11H2. The lowest BCUT2D eigenvalue weighted by Gasteiger charge is -2.04. The topological polar surface area (TPSA) is 60.8 Å². The molecule has 0 N–H and O–H groups in total. The van der Waals surface area contributed by atoms with Crippen molar-refractivity contribution in [3.05, 3.63) is 66.6 Å². The Hall–Kier alpha value is -2.82. The summed E-state index contributed by atoms with van der Waals surface area (Å²) in [5.41, 5.74) is 2.36. The van der Waals surface area contributed by atoms with Crippen molar-refractivity contribution in [1.82, 2.24) is 20.2 Å². The van der Waals surface area contributed by atoms with Crippen LogP contribution in [0.1, 0.15) is 5.69 Å². The zero-order chi connectivity index (χ0) is 13.6. The van der Waals surface area contributed by atoms with Crippen molar-refractivity contribution in [1.29, 1.82) is 0 Å². The molecule has 0 fully saturated rings. The Bertz CT molecular complexity index is 656. The van der Waals surface area contributed by atoms with Crippen molar-refractivity contribution in [2.75, 3.05) is 0 Å². The molecule has 3 aromatic heterocycles. The Morgan fingerprint density at radius 3 is 2.25 bits per heavy atom. The van der Waals surface area contributed by atoms with Crippen LogP contribution < -0.4 is 4.74 Å². The fraction of sp³-hybridized carbons (Fsp3) is 0.0667. The van der Waals surface area contributed by atoms with Crippen LogP contribution in [0.15, 0.2) is 60.9 Å². The molecule has 0 bridgehead atoms. The highest BCUT2D eigenvalue weighted by Gasteiger charge is 2.03. The van der Waals surface area contributed by atoms with Gasteiger partial charge in [0.25, 0.3) is 0 Å². The van der Waals surface area contributed by atoms with E-state index >= 15 is 0 Å². The van der Waals surface area contributed by atoms with Gasteiger partial charge in [-0.2, -0.15) is 0 Å². The van der Waals surface area contributed by atoms with Gasteiger partial charge in [0.2, 0.25) is 5.88 Å². The third kappa shape index (κ3) is 2.95. The molecule has 0 atom stereocenters. The minimum absolute atomic E-state index is 0.373. The summed E-state index contributed by atoms with van der Waals surface area (Å²) in [6, 6.07) is 15.0. The van der Waals surface area contributed by atoms with E-state index in [1.807, 2.05) is 42.5 Å². The second-order valence-corrected chi connectivity index (χ2v) is 4.08. The zero-order valence-electron chi connectivity index (χ0n) is 10.7. The Kier molecular flexibility index (Phi) is 3.59. The summed E-state index contributed by atoms with van der Waals surface area (Å²) < 4.78 is 5.53. The highest BCUT2D eigenvalue weighted by molar-refractivity contribution is 5.52. The summed E-state index contributed by atoms with van der Waals surface area (Å²) in [5, 5.41) is 8.13. The fourth-order valence-electron chi connectivity index (χ4n) is 1.68. The van der Waals surface area contributed by atoms with Crippen LogP contribution >= 0.6 is 0 Å². The Balaban J connectivity index is 1.68. The van der Waals surface area contributed by atoms with Crippen LogP contribution in [0.4, 0.5) is 0 Å². The average Bonchev–Trinajstić information content (AvgIpc) is 2.55. The van der Waals surface area contributed by atoms with Crippen LogP contribution in [0.25, 0.3) is 11.4 Å². The van der Waals surface area contributed by atoms with E-state index in [0.29, 0.717) is 12.5 Å². The third-order valence-electron chi connectivity index (χ3n) is 2.66. The second kappa shape index (κ2) is 5.88. The number of nitrogens with zero attached hydrogens (tertiary/aromatic N) is 4. The van der Waals surface area contributed by atoms with Gasteiger partial charge in [0, 0.05) is 18.5 Å². The van der Waals surface area contributed by atoms with Crippen molar-refractivity contribution in [3.63, 3.8) is 0 Å². The molecule has 3 aromatic rings. The Labute approximate surface area is 116 Å². The Morgan fingerprint density at radius 1 is 0.750 bits per heavy atom. The summed E-state index contributed by atoms with van der Waals surface area (Å²) in [4.78, 5) is 8.39. The van der Waals surface area contributed by atoms with E-state index in [2.05, 4.69) is 20.2 Å². The van der Waals surface area contributed by atoms with E-state index in [-0.39, 0.29) is 0 Å². The lowest BCUT2D eigenvalue weighted by Crippen LogP contribution is -2.00. The van der Waals surface area contributed by atoms with Gasteiger partial charge in [-0.15, -0.1) is 10.2 Å². The van der Waals surface area contributed by atoms with Gasteiger partial charge in [0.15, 0.2) is 0 Å². The second-order valence-electron chi connectivity index (χ2n) is 4.08. The molecule has 3 rings (SSSR count). The molecule has 5 heteroatoms. The van der Waals surface area contributed by atoms with Crippen molar-refractivity contribution < 1.29 is 4.74 Å².